The molecule has 1 aromatic heterocycles. The average molecular weight is 335 g/mol. The lowest BCUT2D eigenvalue weighted by atomic mass is 10.2. The van der Waals surface area contributed by atoms with Gasteiger partial charge < -0.3 is 5.32 Å². The molecule has 0 radical (unpaired) electrons. The summed E-state index contributed by atoms with van der Waals surface area (Å²) in [5.74, 6) is 0. The van der Waals surface area contributed by atoms with Gasteiger partial charge in [0.05, 0.1) is 0 Å². The minimum atomic E-state index is 0.745. The Kier molecular flexibility index (Phi) is 4.21. The highest BCUT2D eigenvalue weighted by atomic mass is 79.9. The van der Waals surface area contributed by atoms with Crippen LogP contribution < -0.4 is 5.32 Å². The molecule has 2 nitrogen and oxygen atoms in total. The van der Waals surface area contributed by atoms with Gasteiger partial charge in [-0.25, -0.2) is 4.98 Å². The summed E-state index contributed by atoms with van der Waals surface area (Å²) >= 11 is 5.34. The van der Waals surface area contributed by atoms with Gasteiger partial charge in [0.1, 0.15) is 5.03 Å². The standard InChI is InChI=1S/C15H15BrN2S/c16-14-9-13(19-15-3-1-2-8-17-15)7-4-11(14)10-18-12-5-6-12/h1-4,7-9,12,18H,5-6,10H2. The molecule has 98 valence electrons. The van der Waals surface area contributed by atoms with E-state index < -0.39 is 0 Å². The first-order chi connectivity index (χ1) is 9.31. The molecule has 1 aliphatic rings. The second kappa shape index (κ2) is 6.07. The number of benzene rings is 1. The van der Waals surface area contributed by atoms with Crippen molar-refractivity contribution in [2.75, 3.05) is 0 Å². The lowest BCUT2D eigenvalue weighted by Crippen LogP contribution is -2.15. The molecule has 1 aromatic carbocycles. The molecule has 1 saturated carbocycles. The molecular formula is C15H15BrN2S. The highest BCUT2D eigenvalue weighted by Gasteiger charge is 2.20. The van der Waals surface area contributed by atoms with Crippen molar-refractivity contribution in [1.29, 1.82) is 0 Å². The predicted octanol–water partition coefficient (Wildman–Crippen LogP) is 4.25. The average Bonchev–Trinajstić information content (AvgIpc) is 3.23. The monoisotopic (exact) mass is 334 g/mol. The molecule has 1 aliphatic carbocycles. The normalized spacial score (nSPS) is 14.6. The zero-order valence-corrected chi connectivity index (χ0v) is 12.9. The summed E-state index contributed by atoms with van der Waals surface area (Å²) in [6, 6.07) is 13.2. The molecule has 0 amide bonds. The maximum atomic E-state index is 4.33. The first-order valence-corrected chi connectivity index (χ1v) is 8.03. The zero-order chi connectivity index (χ0) is 13.1. The molecule has 1 fully saturated rings. The third-order valence-corrected chi connectivity index (χ3v) is 4.72. The van der Waals surface area contributed by atoms with Gasteiger partial charge in [0, 0.05) is 28.2 Å². The van der Waals surface area contributed by atoms with Crippen LogP contribution in [0.4, 0.5) is 0 Å². The van der Waals surface area contributed by atoms with Crippen molar-refractivity contribution in [2.24, 2.45) is 0 Å². The van der Waals surface area contributed by atoms with Gasteiger partial charge in [-0.2, -0.15) is 0 Å². The highest BCUT2D eigenvalue weighted by molar-refractivity contribution is 9.10. The minimum absolute atomic E-state index is 0.745. The van der Waals surface area contributed by atoms with Gasteiger partial charge in [-0.3, -0.25) is 0 Å². The van der Waals surface area contributed by atoms with Crippen molar-refractivity contribution in [2.45, 2.75) is 35.3 Å². The van der Waals surface area contributed by atoms with Gasteiger partial charge in [-0.1, -0.05) is 39.8 Å². The van der Waals surface area contributed by atoms with Gasteiger partial charge in [0.25, 0.3) is 0 Å². The SMILES string of the molecule is Brc1cc(Sc2ccccn2)ccc1CNC1CC1. The lowest BCUT2D eigenvalue weighted by molar-refractivity contribution is 0.685. The molecule has 0 saturated heterocycles. The molecule has 0 aliphatic heterocycles. The first kappa shape index (κ1) is 13.2. The molecule has 3 rings (SSSR count). The van der Waals surface area contributed by atoms with Crippen molar-refractivity contribution in [3.05, 3.63) is 52.6 Å². The van der Waals surface area contributed by atoms with Crippen LogP contribution >= 0.6 is 27.7 Å². The largest absolute Gasteiger partial charge is 0.310 e. The number of nitrogens with zero attached hydrogens (tertiary/aromatic N) is 1. The van der Waals surface area contributed by atoms with Crippen LogP contribution in [0.5, 0.6) is 0 Å². The van der Waals surface area contributed by atoms with Crippen molar-refractivity contribution >= 4 is 27.7 Å². The van der Waals surface area contributed by atoms with E-state index >= 15 is 0 Å². The number of hydrogen-bond acceptors (Lipinski definition) is 3. The van der Waals surface area contributed by atoms with Gasteiger partial charge in [0.15, 0.2) is 0 Å². The molecule has 0 spiro atoms. The molecule has 19 heavy (non-hydrogen) atoms. The van der Waals surface area contributed by atoms with Crippen LogP contribution in [0.25, 0.3) is 0 Å². The topological polar surface area (TPSA) is 24.9 Å². The Morgan fingerprint density at radius 1 is 1.26 bits per heavy atom. The minimum Gasteiger partial charge on any atom is -0.310 e. The molecule has 1 heterocycles. The van der Waals surface area contributed by atoms with Crippen LogP contribution in [-0.2, 0) is 6.54 Å². The summed E-state index contributed by atoms with van der Waals surface area (Å²) < 4.78 is 1.17. The van der Waals surface area contributed by atoms with E-state index in [0.29, 0.717) is 0 Å². The molecule has 0 bridgehead atoms. The summed E-state index contributed by atoms with van der Waals surface area (Å²) in [4.78, 5) is 5.54. The zero-order valence-electron chi connectivity index (χ0n) is 10.5. The Morgan fingerprint density at radius 2 is 2.16 bits per heavy atom. The van der Waals surface area contributed by atoms with Crippen molar-refractivity contribution in [3.8, 4) is 0 Å². The van der Waals surface area contributed by atoms with E-state index in [0.717, 1.165) is 17.6 Å². The number of rotatable bonds is 5. The molecular weight excluding hydrogens is 320 g/mol. The first-order valence-electron chi connectivity index (χ1n) is 6.42. The van der Waals surface area contributed by atoms with Crippen LogP contribution in [0.2, 0.25) is 0 Å². The van der Waals surface area contributed by atoms with Gasteiger partial charge in [-0.05, 0) is 42.7 Å². The molecule has 1 N–H and O–H groups in total. The van der Waals surface area contributed by atoms with E-state index in [-0.39, 0.29) is 0 Å². The highest BCUT2D eigenvalue weighted by Crippen LogP contribution is 2.30. The molecule has 2 aromatic rings. The third-order valence-electron chi connectivity index (χ3n) is 3.04. The Labute approximate surface area is 126 Å². The van der Waals surface area contributed by atoms with E-state index in [1.807, 2.05) is 24.4 Å². The summed E-state index contributed by atoms with van der Waals surface area (Å²) in [5, 5.41) is 4.56. The fraction of sp³-hybridized carbons (Fsp3) is 0.267. The van der Waals surface area contributed by atoms with E-state index in [4.69, 9.17) is 0 Å². The predicted molar refractivity (Wildman–Crippen MR) is 82.4 cm³/mol. The maximum absolute atomic E-state index is 4.33. The third kappa shape index (κ3) is 3.81. The Hall–Kier alpha value is -0.840. The number of hydrogen-bond donors (Lipinski definition) is 1. The van der Waals surface area contributed by atoms with Gasteiger partial charge in [0.2, 0.25) is 0 Å². The maximum Gasteiger partial charge on any atom is 0.101 e. The Bertz CT molecular complexity index is 555. The summed E-state index contributed by atoms with van der Waals surface area (Å²) in [5.41, 5.74) is 1.32. The van der Waals surface area contributed by atoms with Gasteiger partial charge in [-0.15, -0.1) is 0 Å². The second-order valence-corrected chi connectivity index (χ2v) is 6.63. The van der Waals surface area contributed by atoms with Crippen molar-refractivity contribution < 1.29 is 0 Å². The van der Waals surface area contributed by atoms with E-state index in [2.05, 4.69) is 44.4 Å². The quantitative estimate of drug-likeness (QED) is 0.884. The number of halogens is 1. The van der Waals surface area contributed by atoms with E-state index in [1.165, 1.54) is 27.8 Å². The Morgan fingerprint density at radius 3 is 2.84 bits per heavy atom. The summed E-state index contributed by atoms with van der Waals surface area (Å²) in [6.45, 7) is 0.944. The van der Waals surface area contributed by atoms with Crippen molar-refractivity contribution in [3.63, 3.8) is 0 Å². The van der Waals surface area contributed by atoms with Crippen LogP contribution in [-0.4, -0.2) is 11.0 Å². The lowest BCUT2D eigenvalue weighted by Gasteiger charge is -2.08. The number of aromatic nitrogens is 1. The van der Waals surface area contributed by atoms with Crippen LogP contribution in [0.1, 0.15) is 18.4 Å². The van der Waals surface area contributed by atoms with E-state index in [9.17, 15) is 0 Å². The number of pyridine rings is 1. The Balaban J connectivity index is 1.67. The molecule has 0 atom stereocenters. The van der Waals surface area contributed by atoms with Crippen LogP contribution in [0.15, 0.2) is 57.0 Å². The summed E-state index contributed by atoms with van der Waals surface area (Å²) in [7, 11) is 0. The van der Waals surface area contributed by atoms with Crippen molar-refractivity contribution in [1.82, 2.24) is 10.3 Å². The fourth-order valence-corrected chi connectivity index (χ4v) is 3.29. The van der Waals surface area contributed by atoms with Gasteiger partial charge >= 0.3 is 0 Å². The molecule has 4 heteroatoms. The molecule has 0 unspecified atom stereocenters. The smallest absolute Gasteiger partial charge is 0.101 e. The fourth-order valence-electron chi connectivity index (χ4n) is 1.80. The van der Waals surface area contributed by atoms with E-state index in [1.54, 1.807) is 11.8 Å². The second-order valence-electron chi connectivity index (χ2n) is 4.68. The van der Waals surface area contributed by atoms with Crippen LogP contribution in [0.3, 0.4) is 0 Å². The summed E-state index contributed by atoms with van der Waals surface area (Å²) in [6.07, 6.45) is 4.47. The number of nitrogens with one attached hydrogen (secondary N) is 1. The van der Waals surface area contributed by atoms with Crippen LogP contribution in [0, 0.1) is 0 Å².